The molecule has 0 fully saturated rings. The summed E-state index contributed by atoms with van der Waals surface area (Å²) in [6, 6.07) is 4.75. The van der Waals surface area contributed by atoms with Crippen molar-refractivity contribution in [3.8, 4) is 0 Å². The number of hydrogen-bond acceptors (Lipinski definition) is 3. The second kappa shape index (κ2) is 4.83. The average molecular weight is 273 g/mol. The Morgan fingerprint density at radius 2 is 2.25 bits per heavy atom. The molecule has 1 aromatic carbocycles. The van der Waals surface area contributed by atoms with Crippen molar-refractivity contribution in [1.82, 2.24) is 15.2 Å². The van der Waals surface area contributed by atoms with Crippen molar-refractivity contribution in [2.75, 3.05) is 20.6 Å². The molecule has 5 heteroatoms. The first-order chi connectivity index (χ1) is 9.61. The van der Waals surface area contributed by atoms with E-state index in [1.165, 1.54) is 6.07 Å². The van der Waals surface area contributed by atoms with Crippen LogP contribution in [0.4, 0.5) is 4.39 Å². The van der Waals surface area contributed by atoms with Crippen LogP contribution in [0.15, 0.2) is 18.2 Å². The van der Waals surface area contributed by atoms with Gasteiger partial charge in [-0.15, -0.1) is 0 Å². The number of rotatable bonds is 1. The number of carbonyl (C=O) groups excluding carboxylic acids is 1. The van der Waals surface area contributed by atoms with Gasteiger partial charge in [0.2, 0.25) is 0 Å². The SMILES string of the molecule is CNC(=O)c1c2c(nc3c(F)cccc13)CCN(C)C2. The number of aromatic nitrogens is 1. The highest BCUT2D eigenvalue weighted by Crippen LogP contribution is 2.28. The Bertz CT molecular complexity index is 699. The molecule has 0 saturated heterocycles. The number of likely N-dealkylation sites (N-methyl/N-ethyl adjacent to an activating group) is 1. The third-order valence-electron chi connectivity index (χ3n) is 3.77. The van der Waals surface area contributed by atoms with Gasteiger partial charge in [0.15, 0.2) is 0 Å². The molecule has 104 valence electrons. The maximum atomic E-state index is 14.0. The van der Waals surface area contributed by atoms with Gasteiger partial charge in [0.1, 0.15) is 11.3 Å². The number of benzene rings is 1. The molecule has 2 aromatic rings. The number of pyridine rings is 1. The highest BCUT2D eigenvalue weighted by Gasteiger charge is 2.24. The molecule has 20 heavy (non-hydrogen) atoms. The molecule has 0 radical (unpaired) electrons. The molecule has 2 heterocycles. The lowest BCUT2D eigenvalue weighted by molar-refractivity contribution is 0.0962. The van der Waals surface area contributed by atoms with Crippen LogP contribution >= 0.6 is 0 Å². The summed E-state index contributed by atoms with van der Waals surface area (Å²) in [5, 5.41) is 3.23. The number of amides is 1. The molecule has 1 aliphatic rings. The third-order valence-corrected chi connectivity index (χ3v) is 3.77. The summed E-state index contributed by atoms with van der Waals surface area (Å²) in [4.78, 5) is 18.8. The van der Waals surface area contributed by atoms with E-state index in [2.05, 4.69) is 15.2 Å². The van der Waals surface area contributed by atoms with Crippen LogP contribution in [0.5, 0.6) is 0 Å². The first-order valence-electron chi connectivity index (χ1n) is 6.62. The van der Waals surface area contributed by atoms with Crippen molar-refractivity contribution < 1.29 is 9.18 Å². The van der Waals surface area contributed by atoms with Gasteiger partial charge >= 0.3 is 0 Å². The molecule has 1 aliphatic heterocycles. The van der Waals surface area contributed by atoms with Gasteiger partial charge in [-0.1, -0.05) is 12.1 Å². The summed E-state index contributed by atoms with van der Waals surface area (Å²) in [5.74, 6) is -0.566. The number of para-hydroxylation sites is 1. The minimum Gasteiger partial charge on any atom is -0.355 e. The predicted molar refractivity (Wildman–Crippen MR) is 75.1 cm³/mol. The van der Waals surface area contributed by atoms with Gasteiger partial charge in [0.05, 0.1) is 5.56 Å². The smallest absolute Gasteiger partial charge is 0.252 e. The minimum absolute atomic E-state index is 0.186. The molecule has 1 aromatic heterocycles. The van der Waals surface area contributed by atoms with E-state index in [4.69, 9.17) is 0 Å². The van der Waals surface area contributed by atoms with Gasteiger partial charge in [-0.2, -0.15) is 0 Å². The van der Waals surface area contributed by atoms with E-state index in [-0.39, 0.29) is 17.2 Å². The van der Waals surface area contributed by atoms with Crippen molar-refractivity contribution >= 4 is 16.8 Å². The van der Waals surface area contributed by atoms with Gasteiger partial charge in [0, 0.05) is 43.2 Å². The Labute approximate surface area is 116 Å². The number of fused-ring (bicyclic) bond motifs is 2. The fraction of sp³-hybridized carbons (Fsp3) is 0.333. The second-order valence-corrected chi connectivity index (χ2v) is 5.11. The van der Waals surface area contributed by atoms with E-state index in [1.54, 1.807) is 19.2 Å². The monoisotopic (exact) mass is 273 g/mol. The maximum Gasteiger partial charge on any atom is 0.252 e. The third kappa shape index (κ3) is 1.94. The summed E-state index contributed by atoms with van der Waals surface area (Å²) >= 11 is 0. The predicted octanol–water partition coefficient (Wildman–Crippen LogP) is 1.72. The molecule has 0 bridgehead atoms. The summed E-state index contributed by atoms with van der Waals surface area (Å²) in [5.41, 5.74) is 2.59. The lowest BCUT2D eigenvalue weighted by Crippen LogP contribution is -2.31. The Kier molecular flexibility index (Phi) is 3.14. The van der Waals surface area contributed by atoms with Crippen LogP contribution in [0.25, 0.3) is 10.9 Å². The number of halogens is 1. The molecule has 4 nitrogen and oxygen atoms in total. The quantitative estimate of drug-likeness (QED) is 0.860. The maximum absolute atomic E-state index is 14.0. The topological polar surface area (TPSA) is 45.2 Å². The molecule has 0 saturated carbocycles. The Morgan fingerprint density at radius 1 is 1.45 bits per heavy atom. The minimum atomic E-state index is -0.380. The Hall–Kier alpha value is -2.01. The summed E-state index contributed by atoms with van der Waals surface area (Å²) in [6.45, 7) is 1.53. The number of nitrogens with one attached hydrogen (secondary N) is 1. The van der Waals surface area contributed by atoms with E-state index < -0.39 is 0 Å². The van der Waals surface area contributed by atoms with Gasteiger partial charge in [0.25, 0.3) is 5.91 Å². The molecule has 0 atom stereocenters. The van der Waals surface area contributed by atoms with Crippen LogP contribution in [-0.4, -0.2) is 36.4 Å². The van der Waals surface area contributed by atoms with Crippen molar-refractivity contribution in [1.29, 1.82) is 0 Å². The van der Waals surface area contributed by atoms with E-state index in [0.717, 1.165) is 24.2 Å². The number of carbonyl (C=O) groups is 1. The lowest BCUT2D eigenvalue weighted by Gasteiger charge is -2.26. The van der Waals surface area contributed by atoms with Crippen LogP contribution < -0.4 is 5.32 Å². The molecule has 0 spiro atoms. The lowest BCUT2D eigenvalue weighted by atomic mass is 9.95. The fourth-order valence-corrected chi connectivity index (χ4v) is 2.75. The highest BCUT2D eigenvalue weighted by molar-refractivity contribution is 6.07. The zero-order chi connectivity index (χ0) is 14.3. The zero-order valence-corrected chi connectivity index (χ0v) is 11.5. The molecule has 3 rings (SSSR count). The van der Waals surface area contributed by atoms with Crippen molar-refractivity contribution in [3.63, 3.8) is 0 Å². The second-order valence-electron chi connectivity index (χ2n) is 5.11. The first-order valence-corrected chi connectivity index (χ1v) is 6.62. The number of nitrogens with zero attached hydrogens (tertiary/aromatic N) is 2. The molecule has 0 aliphatic carbocycles. The van der Waals surface area contributed by atoms with E-state index in [0.29, 0.717) is 17.5 Å². The van der Waals surface area contributed by atoms with Crippen molar-refractivity contribution in [2.24, 2.45) is 0 Å². The van der Waals surface area contributed by atoms with E-state index >= 15 is 0 Å². The van der Waals surface area contributed by atoms with Crippen LogP contribution in [0.3, 0.4) is 0 Å². The van der Waals surface area contributed by atoms with Crippen molar-refractivity contribution in [3.05, 3.63) is 40.8 Å². The van der Waals surface area contributed by atoms with Crippen molar-refractivity contribution in [2.45, 2.75) is 13.0 Å². The molecule has 0 unspecified atom stereocenters. The van der Waals surface area contributed by atoms with Gasteiger partial charge < -0.3 is 10.2 Å². The zero-order valence-electron chi connectivity index (χ0n) is 11.5. The highest BCUT2D eigenvalue weighted by atomic mass is 19.1. The summed E-state index contributed by atoms with van der Waals surface area (Å²) in [7, 11) is 3.60. The fourth-order valence-electron chi connectivity index (χ4n) is 2.75. The van der Waals surface area contributed by atoms with Gasteiger partial charge in [-0.05, 0) is 13.1 Å². The summed E-state index contributed by atoms with van der Waals surface area (Å²) < 4.78 is 14.0. The molecular weight excluding hydrogens is 257 g/mol. The van der Waals surface area contributed by atoms with E-state index in [9.17, 15) is 9.18 Å². The normalized spacial score (nSPS) is 15.2. The first kappa shape index (κ1) is 13.0. The van der Waals surface area contributed by atoms with Gasteiger partial charge in [-0.25, -0.2) is 9.37 Å². The largest absolute Gasteiger partial charge is 0.355 e. The Balaban J connectivity index is 2.37. The molecule has 1 amide bonds. The van der Waals surface area contributed by atoms with Crippen LogP contribution in [0.1, 0.15) is 21.6 Å². The van der Waals surface area contributed by atoms with Crippen LogP contribution in [0.2, 0.25) is 0 Å². The standard InChI is InChI=1S/C15H16FN3O/c1-17-15(20)13-9-4-3-5-11(16)14(9)18-12-6-7-19(2)8-10(12)13/h3-5H,6-8H2,1-2H3,(H,17,20). The number of hydrogen-bond donors (Lipinski definition) is 1. The average Bonchev–Trinajstić information content (AvgIpc) is 2.45. The van der Waals surface area contributed by atoms with E-state index in [1.807, 2.05) is 7.05 Å². The summed E-state index contributed by atoms with van der Waals surface area (Å²) in [6.07, 6.45) is 0.736. The Morgan fingerprint density at radius 3 is 3.00 bits per heavy atom. The van der Waals surface area contributed by atoms with Crippen LogP contribution in [0, 0.1) is 5.82 Å². The van der Waals surface area contributed by atoms with Gasteiger partial charge in [-0.3, -0.25) is 4.79 Å². The molecule has 1 N–H and O–H groups in total. The molecular formula is C15H16FN3O. The van der Waals surface area contributed by atoms with Crippen LogP contribution in [-0.2, 0) is 13.0 Å².